The summed E-state index contributed by atoms with van der Waals surface area (Å²) in [6.45, 7) is 3.14. The standard InChI is InChI=1S/C14H21BrN2O2/c1-10(8-16-2)14(18)17(3)9-11-7-12(15)5-6-13(11)19-4/h5-7,10,16H,8-9H2,1-4H3. The van der Waals surface area contributed by atoms with Crippen molar-refractivity contribution in [2.45, 2.75) is 13.5 Å². The number of nitrogens with one attached hydrogen (secondary N) is 1. The molecule has 1 N–H and O–H groups in total. The molecule has 0 aliphatic carbocycles. The molecule has 5 heteroatoms. The van der Waals surface area contributed by atoms with Gasteiger partial charge in [-0.15, -0.1) is 0 Å². The number of carbonyl (C=O) groups is 1. The highest BCUT2D eigenvalue weighted by Crippen LogP contribution is 2.24. The van der Waals surface area contributed by atoms with Crippen molar-refractivity contribution in [1.29, 1.82) is 0 Å². The van der Waals surface area contributed by atoms with E-state index in [4.69, 9.17) is 4.74 Å². The van der Waals surface area contributed by atoms with Crippen LogP contribution in [0.2, 0.25) is 0 Å². The van der Waals surface area contributed by atoms with Crippen LogP contribution in [0.3, 0.4) is 0 Å². The molecule has 0 aliphatic rings. The minimum absolute atomic E-state index is 0.0341. The number of amides is 1. The molecule has 106 valence electrons. The maximum Gasteiger partial charge on any atom is 0.226 e. The molecule has 0 heterocycles. The lowest BCUT2D eigenvalue weighted by atomic mass is 10.1. The van der Waals surface area contributed by atoms with E-state index in [0.717, 1.165) is 15.8 Å². The number of rotatable bonds is 6. The average Bonchev–Trinajstić information content (AvgIpc) is 2.38. The van der Waals surface area contributed by atoms with Gasteiger partial charge in [-0.1, -0.05) is 22.9 Å². The van der Waals surface area contributed by atoms with E-state index >= 15 is 0 Å². The Hall–Kier alpha value is -1.07. The van der Waals surface area contributed by atoms with E-state index in [2.05, 4.69) is 21.2 Å². The van der Waals surface area contributed by atoms with Crippen molar-refractivity contribution in [3.8, 4) is 5.75 Å². The van der Waals surface area contributed by atoms with Crippen molar-refractivity contribution in [2.24, 2.45) is 5.92 Å². The maximum atomic E-state index is 12.2. The lowest BCUT2D eigenvalue weighted by Gasteiger charge is -2.22. The molecule has 4 nitrogen and oxygen atoms in total. The van der Waals surface area contributed by atoms with Crippen LogP contribution in [0.5, 0.6) is 5.75 Å². The molecule has 1 aromatic carbocycles. The molecule has 0 saturated carbocycles. The number of nitrogens with zero attached hydrogens (tertiary/aromatic N) is 1. The monoisotopic (exact) mass is 328 g/mol. The fourth-order valence-corrected chi connectivity index (χ4v) is 2.38. The van der Waals surface area contributed by atoms with E-state index in [9.17, 15) is 4.79 Å². The van der Waals surface area contributed by atoms with Crippen LogP contribution in [0, 0.1) is 5.92 Å². The Balaban J connectivity index is 2.78. The first-order chi connectivity index (χ1) is 8.99. The first-order valence-electron chi connectivity index (χ1n) is 6.21. The van der Waals surface area contributed by atoms with Gasteiger partial charge in [-0.3, -0.25) is 4.79 Å². The highest BCUT2D eigenvalue weighted by Gasteiger charge is 2.18. The van der Waals surface area contributed by atoms with Crippen molar-refractivity contribution in [1.82, 2.24) is 10.2 Å². The SMILES string of the molecule is CNCC(C)C(=O)N(C)Cc1cc(Br)ccc1OC. The third kappa shape index (κ3) is 4.51. The molecule has 1 aromatic rings. The van der Waals surface area contributed by atoms with Crippen LogP contribution >= 0.6 is 15.9 Å². The highest BCUT2D eigenvalue weighted by molar-refractivity contribution is 9.10. The maximum absolute atomic E-state index is 12.2. The van der Waals surface area contributed by atoms with Gasteiger partial charge < -0.3 is 15.0 Å². The number of methoxy groups -OCH3 is 1. The molecule has 0 bridgehead atoms. The molecule has 0 saturated heterocycles. The summed E-state index contributed by atoms with van der Waals surface area (Å²) in [7, 11) is 5.30. The summed E-state index contributed by atoms with van der Waals surface area (Å²) in [6.07, 6.45) is 0. The molecular weight excluding hydrogens is 308 g/mol. The number of hydrogen-bond acceptors (Lipinski definition) is 3. The van der Waals surface area contributed by atoms with E-state index in [1.807, 2.05) is 39.2 Å². The van der Waals surface area contributed by atoms with Crippen LogP contribution in [0.1, 0.15) is 12.5 Å². The van der Waals surface area contributed by atoms with Gasteiger partial charge in [0, 0.05) is 36.1 Å². The van der Waals surface area contributed by atoms with Gasteiger partial charge in [-0.05, 0) is 25.2 Å². The van der Waals surface area contributed by atoms with E-state index < -0.39 is 0 Å². The molecular formula is C14H21BrN2O2. The Morgan fingerprint density at radius 3 is 2.79 bits per heavy atom. The summed E-state index contributed by atoms with van der Waals surface area (Å²) in [5.74, 6) is 0.883. The fourth-order valence-electron chi connectivity index (χ4n) is 1.97. The van der Waals surface area contributed by atoms with Gasteiger partial charge in [0.05, 0.1) is 7.11 Å². The van der Waals surface area contributed by atoms with Crippen molar-refractivity contribution >= 4 is 21.8 Å². The van der Waals surface area contributed by atoms with Crippen molar-refractivity contribution in [3.05, 3.63) is 28.2 Å². The Kier molecular flexibility index (Phi) is 6.31. The third-order valence-corrected chi connectivity index (χ3v) is 3.45. The zero-order chi connectivity index (χ0) is 14.4. The van der Waals surface area contributed by atoms with Crippen LogP contribution in [0.4, 0.5) is 0 Å². The predicted molar refractivity (Wildman–Crippen MR) is 80.3 cm³/mol. The molecule has 0 aliphatic heterocycles. The van der Waals surface area contributed by atoms with E-state index in [1.165, 1.54) is 0 Å². The number of hydrogen-bond donors (Lipinski definition) is 1. The van der Waals surface area contributed by atoms with E-state index in [0.29, 0.717) is 13.1 Å². The summed E-state index contributed by atoms with van der Waals surface area (Å²) in [5.41, 5.74) is 0.990. The van der Waals surface area contributed by atoms with Crippen molar-refractivity contribution in [2.75, 3.05) is 27.7 Å². The summed E-state index contributed by atoms with van der Waals surface area (Å²) >= 11 is 3.44. The van der Waals surface area contributed by atoms with Gasteiger partial charge in [-0.2, -0.15) is 0 Å². The largest absolute Gasteiger partial charge is 0.496 e. The van der Waals surface area contributed by atoms with Crippen LogP contribution < -0.4 is 10.1 Å². The quantitative estimate of drug-likeness (QED) is 0.871. The Morgan fingerprint density at radius 1 is 1.53 bits per heavy atom. The van der Waals surface area contributed by atoms with Crippen LogP contribution in [0.15, 0.2) is 22.7 Å². The molecule has 1 amide bonds. The normalized spacial score (nSPS) is 12.1. The molecule has 1 atom stereocenters. The molecule has 1 rings (SSSR count). The summed E-state index contributed by atoms with van der Waals surface area (Å²) < 4.78 is 6.30. The molecule has 0 aromatic heterocycles. The average molecular weight is 329 g/mol. The Labute approximate surface area is 123 Å². The second-order valence-corrected chi connectivity index (χ2v) is 5.52. The molecule has 1 unspecified atom stereocenters. The topological polar surface area (TPSA) is 41.6 Å². The molecule has 0 spiro atoms. The van der Waals surface area contributed by atoms with Gasteiger partial charge in [0.15, 0.2) is 0 Å². The summed E-state index contributed by atoms with van der Waals surface area (Å²) in [6, 6.07) is 5.80. The van der Waals surface area contributed by atoms with Crippen LogP contribution in [-0.4, -0.2) is 38.6 Å². The lowest BCUT2D eigenvalue weighted by molar-refractivity contribution is -0.134. The zero-order valence-electron chi connectivity index (χ0n) is 11.9. The van der Waals surface area contributed by atoms with Gasteiger partial charge >= 0.3 is 0 Å². The van der Waals surface area contributed by atoms with Crippen LogP contribution in [0.25, 0.3) is 0 Å². The number of benzene rings is 1. The van der Waals surface area contributed by atoms with Gasteiger partial charge in [0.2, 0.25) is 5.91 Å². The number of carbonyl (C=O) groups excluding carboxylic acids is 1. The first-order valence-corrected chi connectivity index (χ1v) is 7.00. The minimum atomic E-state index is -0.0341. The van der Waals surface area contributed by atoms with E-state index in [-0.39, 0.29) is 11.8 Å². The minimum Gasteiger partial charge on any atom is -0.496 e. The smallest absolute Gasteiger partial charge is 0.226 e. The number of halogens is 1. The van der Waals surface area contributed by atoms with Gasteiger partial charge in [0.1, 0.15) is 5.75 Å². The Bertz CT molecular complexity index is 437. The predicted octanol–water partition coefficient (Wildman–Crippen LogP) is 2.27. The summed E-state index contributed by atoms with van der Waals surface area (Å²) in [4.78, 5) is 13.9. The molecule has 0 radical (unpaired) electrons. The lowest BCUT2D eigenvalue weighted by Crippen LogP contribution is -2.35. The highest BCUT2D eigenvalue weighted by atomic mass is 79.9. The van der Waals surface area contributed by atoms with Crippen LogP contribution in [-0.2, 0) is 11.3 Å². The fraction of sp³-hybridized carbons (Fsp3) is 0.500. The second-order valence-electron chi connectivity index (χ2n) is 4.61. The Morgan fingerprint density at radius 2 is 2.21 bits per heavy atom. The van der Waals surface area contributed by atoms with Gasteiger partial charge in [0.25, 0.3) is 0 Å². The summed E-state index contributed by atoms with van der Waals surface area (Å²) in [5, 5.41) is 3.02. The third-order valence-electron chi connectivity index (χ3n) is 2.96. The zero-order valence-corrected chi connectivity index (χ0v) is 13.5. The first kappa shape index (κ1) is 16.0. The molecule has 19 heavy (non-hydrogen) atoms. The van der Waals surface area contributed by atoms with Crippen molar-refractivity contribution < 1.29 is 9.53 Å². The molecule has 0 fully saturated rings. The second kappa shape index (κ2) is 7.50. The number of ether oxygens (including phenoxy) is 1. The van der Waals surface area contributed by atoms with E-state index in [1.54, 1.807) is 12.0 Å². The van der Waals surface area contributed by atoms with Gasteiger partial charge in [-0.25, -0.2) is 0 Å². The van der Waals surface area contributed by atoms with Crippen molar-refractivity contribution in [3.63, 3.8) is 0 Å².